The number of ether oxygens (including phenoxy) is 1. The molecule has 1 amide bonds. The van der Waals surface area contributed by atoms with Gasteiger partial charge in [-0.25, -0.2) is 0 Å². The Labute approximate surface area is 128 Å². The molecule has 2 aromatic rings. The van der Waals surface area contributed by atoms with Crippen LogP contribution in [0.15, 0.2) is 48.5 Å². The van der Waals surface area contributed by atoms with Gasteiger partial charge in [0.15, 0.2) is 6.61 Å². The quantitative estimate of drug-likeness (QED) is 0.920. The third kappa shape index (κ3) is 4.13. The number of hydrogen-bond donors (Lipinski definition) is 1. The van der Waals surface area contributed by atoms with E-state index >= 15 is 0 Å². The van der Waals surface area contributed by atoms with E-state index in [0.717, 1.165) is 0 Å². The van der Waals surface area contributed by atoms with E-state index in [1.54, 1.807) is 53.4 Å². The normalized spacial score (nSPS) is 10.2. The molecule has 5 heteroatoms. The number of hydrogen-bond acceptors (Lipinski definition) is 3. The summed E-state index contributed by atoms with van der Waals surface area (Å²) in [5, 5.41) is 10.0. The van der Waals surface area contributed by atoms with Crippen molar-refractivity contribution in [3.63, 3.8) is 0 Å². The third-order valence-electron chi connectivity index (χ3n) is 2.92. The van der Waals surface area contributed by atoms with Gasteiger partial charge in [0.1, 0.15) is 11.5 Å². The molecular weight excluding hydrogens is 290 g/mol. The number of carbonyl (C=O) groups excluding carboxylic acids is 1. The Morgan fingerprint density at radius 3 is 2.67 bits per heavy atom. The van der Waals surface area contributed by atoms with E-state index in [2.05, 4.69) is 0 Å². The maximum absolute atomic E-state index is 12.2. The second kappa shape index (κ2) is 6.99. The zero-order valence-electron chi connectivity index (χ0n) is 11.6. The maximum atomic E-state index is 12.2. The molecule has 0 unspecified atom stereocenters. The lowest BCUT2D eigenvalue weighted by molar-refractivity contribution is -0.120. The molecule has 0 aliphatic heterocycles. The number of anilines is 1. The standard InChI is InChI=1S/C16H16ClNO3/c1-2-18(13-6-4-7-14(19)10-13)16(20)11-21-15-8-3-5-12(17)9-15/h3-10,19H,2,11H2,1H3. The van der Waals surface area contributed by atoms with Crippen LogP contribution in [-0.2, 0) is 4.79 Å². The van der Waals surface area contributed by atoms with E-state index in [9.17, 15) is 9.90 Å². The molecule has 0 aliphatic rings. The Morgan fingerprint density at radius 1 is 1.24 bits per heavy atom. The highest BCUT2D eigenvalue weighted by molar-refractivity contribution is 6.30. The predicted molar refractivity (Wildman–Crippen MR) is 83.1 cm³/mol. The van der Waals surface area contributed by atoms with Crippen molar-refractivity contribution in [1.82, 2.24) is 0 Å². The highest BCUT2D eigenvalue weighted by Crippen LogP contribution is 2.21. The molecule has 0 fully saturated rings. The lowest BCUT2D eigenvalue weighted by Crippen LogP contribution is -2.34. The number of rotatable bonds is 5. The monoisotopic (exact) mass is 305 g/mol. The minimum Gasteiger partial charge on any atom is -0.508 e. The summed E-state index contributed by atoms with van der Waals surface area (Å²) in [5.74, 6) is 0.473. The number of phenolic OH excluding ortho intramolecular Hbond substituents is 1. The van der Waals surface area contributed by atoms with Crippen molar-refractivity contribution >= 4 is 23.2 Å². The van der Waals surface area contributed by atoms with Crippen LogP contribution in [-0.4, -0.2) is 24.2 Å². The van der Waals surface area contributed by atoms with E-state index in [1.165, 1.54) is 0 Å². The smallest absolute Gasteiger partial charge is 0.264 e. The number of carbonyl (C=O) groups is 1. The molecule has 4 nitrogen and oxygen atoms in total. The molecule has 0 bridgehead atoms. The molecule has 0 atom stereocenters. The van der Waals surface area contributed by atoms with Crippen LogP contribution in [0.2, 0.25) is 5.02 Å². The number of likely N-dealkylation sites (N-methyl/N-ethyl adjacent to an activating group) is 1. The summed E-state index contributed by atoms with van der Waals surface area (Å²) >= 11 is 5.86. The molecule has 21 heavy (non-hydrogen) atoms. The van der Waals surface area contributed by atoms with Crippen molar-refractivity contribution in [3.8, 4) is 11.5 Å². The van der Waals surface area contributed by atoms with Gasteiger partial charge in [-0.3, -0.25) is 4.79 Å². The molecule has 0 saturated heterocycles. The number of benzene rings is 2. The molecule has 0 spiro atoms. The van der Waals surface area contributed by atoms with Gasteiger partial charge >= 0.3 is 0 Å². The summed E-state index contributed by atoms with van der Waals surface area (Å²) in [5.41, 5.74) is 0.636. The average molecular weight is 306 g/mol. The first kappa shape index (κ1) is 15.2. The third-order valence-corrected chi connectivity index (χ3v) is 3.15. The molecule has 0 radical (unpaired) electrons. The Balaban J connectivity index is 2.04. The molecule has 2 aromatic carbocycles. The maximum Gasteiger partial charge on any atom is 0.264 e. The molecule has 0 aromatic heterocycles. The van der Waals surface area contributed by atoms with Crippen LogP contribution in [0.1, 0.15) is 6.92 Å². The van der Waals surface area contributed by atoms with E-state index in [0.29, 0.717) is 23.0 Å². The van der Waals surface area contributed by atoms with Crippen LogP contribution in [0, 0.1) is 0 Å². The van der Waals surface area contributed by atoms with Crippen LogP contribution < -0.4 is 9.64 Å². The van der Waals surface area contributed by atoms with Gasteiger partial charge in [0, 0.05) is 23.3 Å². The van der Waals surface area contributed by atoms with E-state index in [1.807, 2.05) is 6.92 Å². The lowest BCUT2D eigenvalue weighted by Gasteiger charge is -2.21. The van der Waals surface area contributed by atoms with Gasteiger partial charge in [-0.1, -0.05) is 23.7 Å². The number of amides is 1. The van der Waals surface area contributed by atoms with Crippen LogP contribution in [0.5, 0.6) is 11.5 Å². The Morgan fingerprint density at radius 2 is 2.00 bits per heavy atom. The molecule has 0 heterocycles. The van der Waals surface area contributed by atoms with Gasteiger partial charge in [0.25, 0.3) is 5.91 Å². The fourth-order valence-electron chi connectivity index (χ4n) is 1.94. The average Bonchev–Trinajstić information content (AvgIpc) is 2.46. The van der Waals surface area contributed by atoms with Gasteiger partial charge in [-0.05, 0) is 37.3 Å². The summed E-state index contributed by atoms with van der Waals surface area (Å²) in [6, 6.07) is 13.4. The second-order valence-electron chi connectivity index (χ2n) is 4.40. The highest BCUT2D eigenvalue weighted by atomic mass is 35.5. The fraction of sp³-hybridized carbons (Fsp3) is 0.188. The van der Waals surface area contributed by atoms with Crippen LogP contribution in [0.4, 0.5) is 5.69 Å². The van der Waals surface area contributed by atoms with Crippen molar-refractivity contribution in [2.75, 3.05) is 18.1 Å². The molecule has 0 aliphatic carbocycles. The van der Waals surface area contributed by atoms with E-state index in [4.69, 9.17) is 16.3 Å². The van der Waals surface area contributed by atoms with Crippen molar-refractivity contribution < 1.29 is 14.6 Å². The highest BCUT2D eigenvalue weighted by Gasteiger charge is 2.15. The number of phenols is 1. The first-order valence-electron chi connectivity index (χ1n) is 6.58. The predicted octanol–water partition coefficient (Wildman–Crippen LogP) is 3.48. The summed E-state index contributed by atoms with van der Waals surface area (Å²) in [7, 11) is 0. The largest absolute Gasteiger partial charge is 0.508 e. The minimum absolute atomic E-state index is 0.0934. The first-order chi connectivity index (χ1) is 10.1. The molecule has 110 valence electrons. The van der Waals surface area contributed by atoms with Gasteiger partial charge in [0.2, 0.25) is 0 Å². The first-order valence-corrected chi connectivity index (χ1v) is 6.95. The Bertz CT molecular complexity index is 630. The summed E-state index contributed by atoms with van der Waals surface area (Å²) in [6.07, 6.45) is 0. The summed E-state index contributed by atoms with van der Waals surface area (Å²) in [6.45, 7) is 2.26. The van der Waals surface area contributed by atoms with E-state index < -0.39 is 0 Å². The lowest BCUT2D eigenvalue weighted by atomic mass is 10.2. The van der Waals surface area contributed by atoms with E-state index in [-0.39, 0.29) is 18.3 Å². The molecule has 0 saturated carbocycles. The fourth-order valence-corrected chi connectivity index (χ4v) is 2.12. The Hall–Kier alpha value is -2.20. The number of halogens is 1. The van der Waals surface area contributed by atoms with Crippen molar-refractivity contribution in [2.24, 2.45) is 0 Å². The van der Waals surface area contributed by atoms with Crippen molar-refractivity contribution in [3.05, 3.63) is 53.6 Å². The number of aromatic hydroxyl groups is 1. The minimum atomic E-state index is -0.192. The zero-order chi connectivity index (χ0) is 15.2. The summed E-state index contributed by atoms with van der Waals surface area (Å²) in [4.78, 5) is 13.8. The summed E-state index contributed by atoms with van der Waals surface area (Å²) < 4.78 is 5.44. The van der Waals surface area contributed by atoms with Gasteiger partial charge in [0.05, 0.1) is 0 Å². The topological polar surface area (TPSA) is 49.8 Å². The van der Waals surface area contributed by atoms with Gasteiger partial charge in [-0.15, -0.1) is 0 Å². The van der Waals surface area contributed by atoms with Crippen LogP contribution >= 0.6 is 11.6 Å². The molecule has 2 rings (SSSR count). The molecule has 1 N–H and O–H groups in total. The van der Waals surface area contributed by atoms with Crippen LogP contribution in [0.25, 0.3) is 0 Å². The zero-order valence-corrected chi connectivity index (χ0v) is 12.4. The second-order valence-corrected chi connectivity index (χ2v) is 4.84. The Kier molecular flexibility index (Phi) is 5.06. The van der Waals surface area contributed by atoms with Crippen molar-refractivity contribution in [1.29, 1.82) is 0 Å². The molecular formula is C16H16ClNO3. The SMILES string of the molecule is CCN(C(=O)COc1cccc(Cl)c1)c1cccc(O)c1. The van der Waals surface area contributed by atoms with Crippen LogP contribution in [0.3, 0.4) is 0 Å². The number of nitrogens with zero attached hydrogens (tertiary/aromatic N) is 1. The van der Waals surface area contributed by atoms with Crippen molar-refractivity contribution in [2.45, 2.75) is 6.92 Å². The van der Waals surface area contributed by atoms with Gasteiger partial charge < -0.3 is 14.7 Å². The van der Waals surface area contributed by atoms with Gasteiger partial charge in [-0.2, -0.15) is 0 Å².